The van der Waals surface area contributed by atoms with E-state index in [2.05, 4.69) is 0 Å². The smallest absolute Gasteiger partial charge is 0.429 e. The van der Waals surface area contributed by atoms with Crippen LogP contribution < -0.4 is 0 Å². The molecular weight excluding hydrogens is 248 g/mol. The zero-order valence-corrected chi connectivity index (χ0v) is 12.2. The van der Waals surface area contributed by atoms with Gasteiger partial charge in [0, 0.05) is 13.2 Å². The molecule has 1 aliphatic rings. The summed E-state index contributed by atoms with van der Waals surface area (Å²) in [5.74, 6) is 0.335. The lowest BCUT2D eigenvalue weighted by atomic mass is 9.97. The summed E-state index contributed by atoms with van der Waals surface area (Å²) in [5, 5.41) is 9.30. The molecule has 5 nitrogen and oxygen atoms in total. The van der Waals surface area contributed by atoms with Crippen LogP contribution in [-0.2, 0) is 14.2 Å². The summed E-state index contributed by atoms with van der Waals surface area (Å²) in [6.07, 6.45) is 2.63. The summed E-state index contributed by atoms with van der Waals surface area (Å²) in [6.45, 7) is 6.63. The Bertz CT molecular complexity index is 264. The number of aliphatic hydroxyl groups is 1. The fourth-order valence-electron chi connectivity index (χ4n) is 2.10. The highest BCUT2D eigenvalue weighted by Gasteiger charge is 2.24. The van der Waals surface area contributed by atoms with E-state index >= 15 is 0 Å². The summed E-state index contributed by atoms with van der Waals surface area (Å²) < 4.78 is 15.7. The molecule has 1 fully saturated rings. The summed E-state index contributed by atoms with van der Waals surface area (Å²) in [6, 6.07) is 0. The van der Waals surface area contributed by atoms with Gasteiger partial charge in [-0.15, -0.1) is 0 Å². The van der Waals surface area contributed by atoms with Crippen molar-refractivity contribution in [1.29, 1.82) is 0 Å². The SMILES string of the molecule is CC(C)(C)OC(=O)O[C@H](CO)C[C@H]1CCCCOC1. The van der Waals surface area contributed by atoms with Gasteiger partial charge in [-0.2, -0.15) is 0 Å². The molecule has 0 radical (unpaired) electrons. The van der Waals surface area contributed by atoms with Gasteiger partial charge >= 0.3 is 6.16 Å². The third-order valence-electron chi connectivity index (χ3n) is 2.96. The number of aliphatic hydroxyl groups excluding tert-OH is 1. The van der Waals surface area contributed by atoms with Crippen molar-refractivity contribution in [3.63, 3.8) is 0 Å². The van der Waals surface area contributed by atoms with Crippen molar-refractivity contribution in [2.75, 3.05) is 19.8 Å². The zero-order valence-electron chi connectivity index (χ0n) is 12.2. The average Bonchev–Trinajstić information content (AvgIpc) is 2.54. The molecule has 1 aliphatic heterocycles. The van der Waals surface area contributed by atoms with Crippen molar-refractivity contribution in [2.45, 2.75) is 58.2 Å². The summed E-state index contributed by atoms with van der Waals surface area (Å²) >= 11 is 0. The number of ether oxygens (including phenoxy) is 3. The van der Waals surface area contributed by atoms with E-state index < -0.39 is 17.9 Å². The van der Waals surface area contributed by atoms with Crippen molar-refractivity contribution >= 4 is 6.16 Å². The van der Waals surface area contributed by atoms with Crippen molar-refractivity contribution in [1.82, 2.24) is 0 Å². The lowest BCUT2D eigenvalue weighted by Gasteiger charge is -2.24. The van der Waals surface area contributed by atoms with Gasteiger partial charge in [-0.05, 0) is 46.0 Å². The summed E-state index contributed by atoms with van der Waals surface area (Å²) in [7, 11) is 0. The van der Waals surface area contributed by atoms with E-state index in [1.54, 1.807) is 20.8 Å². The molecule has 0 saturated carbocycles. The molecule has 1 rings (SSSR count). The quantitative estimate of drug-likeness (QED) is 0.798. The first kappa shape index (κ1) is 16.2. The van der Waals surface area contributed by atoms with Crippen molar-refractivity contribution in [3.8, 4) is 0 Å². The molecule has 1 N–H and O–H groups in total. The van der Waals surface area contributed by atoms with Gasteiger partial charge in [-0.1, -0.05) is 6.42 Å². The molecule has 0 spiro atoms. The molecule has 1 heterocycles. The number of hydrogen-bond donors (Lipinski definition) is 1. The summed E-state index contributed by atoms with van der Waals surface area (Å²) in [4.78, 5) is 11.6. The maximum atomic E-state index is 11.6. The van der Waals surface area contributed by atoms with E-state index in [9.17, 15) is 9.90 Å². The molecular formula is C14H26O5. The van der Waals surface area contributed by atoms with Crippen molar-refractivity contribution in [2.24, 2.45) is 5.92 Å². The average molecular weight is 274 g/mol. The highest BCUT2D eigenvalue weighted by Crippen LogP contribution is 2.21. The van der Waals surface area contributed by atoms with Crippen LogP contribution in [0, 0.1) is 5.92 Å². The number of carbonyl (C=O) groups is 1. The van der Waals surface area contributed by atoms with E-state index in [1.165, 1.54) is 0 Å². The minimum atomic E-state index is -0.721. The second-order valence-electron chi connectivity index (χ2n) is 6.06. The molecule has 0 aromatic heterocycles. The van der Waals surface area contributed by atoms with Gasteiger partial charge in [-0.3, -0.25) is 0 Å². The molecule has 19 heavy (non-hydrogen) atoms. The highest BCUT2D eigenvalue weighted by molar-refractivity contribution is 5.60. The first-order chi connectivity index (χ1) is 8.90. The third-order valence-corrected chi connectivity index (χ3v) is 2.96. The minimum absolute atomic E-state index is 0.185. The van der Waals surface area contributed by atoms with E-state index in [0.29, 0.717) is 18.9 Å². The second-order valence-corrected chi connectivity index (χ2v) is 6.06. The van der Waals surface area contributed by atoms with Crippen LogP contribution in [0.25, 0.3) is 0 Å². The topological polar surface area (TPSA) is 65.0 Å². The second kappa shape index (κ2) is 7.70. The molecule has 0 bridgehead atoms. The fraction of sp³-hybridized carbons (Fsp3) is 0.929. The standard InChI is InChI=1S/C14H26O5/c1-14(2,3)19-13(16)18-12(9-15)8-11-6-4-5-7-17-10-11/h11-12,15H,4-10H2,1-3H3/t11-,12+/m1/s1. The number of rotatable bonds is 4. The third kappa shape index (κ3) is 7.38. The largest absolute Gasteiger partial charge is 0.509 e. The molecule has 112 valence electrons. The predicted molar refractivity (Wildman–Crippen MR) is 71.0 cm³/mol. The minimum Gasteiger partial charge on any atom is -0.429 e. The van der Waals surface area contributed by atoms with Crippen LogP contribution in [0.15, 0.2) is 0 Å². The van der Waals surface area contributed by atoms with Gasteiger partial charge < -0.3 is 19.3 Å². The van der Waals surface area contributed by atoms with Crippen molar-refractivity contribution < 1.29 is 24.1 Å². The van der Waals surface area contributed by atoms with E-state index in [-0.39, 0.29) is 6.61 Å². The van der Waals surface area contributed by atoms with Crippen LogP contribution >= 0.6 is 0 Å². The molecule has 2 atom stereocenters. The Morgan fingerprint density at radius 3 is 2.79 bits per heavy atom. The van der Waals surface area contributed by atoms with Gasteiger partial charge in [-0.25, -0.2) is 4.79 Å². The highest BCUT2D eigenvalue weighted by atomic mass is 16.7. The Labute approximate surface area is 115 Å². The van der Waals surface area contributed by atoms with Gasteiger partial charge in [0.2, 0.25) is 0 Å². The van der Waals surface area contributed by atoms with Crippen LogP contribution in [0.4, 0.5) is 4.79 Å². The van der Waals surface area contributed by atoms with E-state index in [0.717, 1.165) is 25.9 Å². The Balaban J connectivity index is 2.37. The Kier molecular flexibility index (Phi) is 6.58. The number of hydrogen-bond acceptors (Lipinski definition) is 5. The maximum absolute atomic E-state index is 11.6. The summed E-state index contributed by atoms with van der Waals surface area (Å²) in [5.41, 5.74) is -0.581. The zero-order chi connectivity index (χ0) is 14.3. The van der Waals surface area contributed by atoms with Crippen molar-refractivity contribution in [3.05, 3.63) is 0 Å². The van der Waals surface area contributed by atoms with E-state index in [1.807, 2.05) is 0 Å². The van der Waals surface area contributed by atoms with Gasteiger partial charge in [0.15, 0.2) is 0 Å². The Morgan fingerprint density at radius 2 is 2.16 bits per heavy atom. The van der Waals surface area contributed by atoms with E-state index in [4.69, 9.17) is 14.2 Å². The molecule has 0 aromatic carbocycles. The molecule has 0 aromatic rings. The van der Waals surface area contributed by atoms with Crippen LogP contribution in [0.2, 0.25) is 0 Å². The predicted octanol–water partition coefficient (Wildman–Crippen LogP) is 2.51. The first-order valence-electron chi connectivity index (χ1n) is 6.99. The van der Waals surface area contributed by atoms with Gasteiger partial charge in [0.1, 0.15) is 11.7 Å². The van der Waals surface area contributed by atoms with Crippen LogP contribution in [0.3, 0.4) is 0 Å². The van der Waals surface area contributed by atoms with Gasteiger partial charge in [0.25, 0.3) is 0 Å². The fourth-order valence-corrected chi connectivity index (χ4v) is 2.10. The lowest BCUT2D eigenvalue weighted by molar-refractivity contribution is -0.0459. The Hall–Kier alpha value is -0.810. The monoisotopic (exact) mass is 274 g/mol. The lowest BCUT2D eigenvalue weighted by Crippen LogP contribution is -2.31. The first-order valence-corrected chi connectivity index (χ1v) is 6.99. The maximum Gasteiger partial charge on any atom is 0.509 e. The molecule has 0 unspecified atom stereocenters. The molecule has 5 heteroatoms. The number of carbonyl (C=O) groups excluding carboxylic acids is 1. The Morgan fingerprint density at radius 1 is 1.42 bits per heavy atom. The van der Waals surface area contributed by atoms with Crippen LogP contribution in [-0.4, -0.2) is 42.8 Å². The van der Waals surface area contributed by atoms with Gasteiger partial charge in [0.05, 0.1) is 6.61 Å². The molecule has 0 amide bonds. The molecule has 1 saturated heterocycles. The van der Waals surface area contributed by atoms with Crippen LogP contribution in [0.1, 0.15) is 46.5 Å². The molecule has 0 aliphatic carbocycles. The van der Waals surface area contributed by atoms with Crippen LogP contribution in [0.5, 0.6) is 0 Å². The normalized spacial score (nSPS) is 22.4.